The van der Waals surface area contributed by atoms with E-state index in [4.69, 9.17) is 4.74 Å². The molecule has 0 unspecified atom stereocenters. The predicted molar refractivity (Wildman–Crippen MR) is 77.7 cm³/mol. The minimum Gasteiger partial charge on any atom is -0.478 e. The number of aromatic nitrogens is 1. The van der Waals surface area contributed by atoms with Gasteiger partial charge in [0.15, 0.2) is 0 Å². The fourth-order valence-electron chi connectivity index (χ4n) is 2.16. The van der Waals surface area contributed by atoms with Crippen LogP contribution >= 0.6 is 11.3 Å². The van der Waals surface area contributed by atoms with Gasteiger partial charge in [-0.15, -0.1) is 11.3 Å². The monoisotopic (exact) mass is 301 g/mol. The van der Waals surface area contributed by atoms with Gasteiger partial charge in [0.25, 0.3) is 0 Å². The molecule has 21 heavy (non-hydrogen) atoms. The fraction of sp³-hybridized carbons (Fsp3) is 0.200. The number of nitrogens with one attached hydrogen (secondary N) is 1. The number of fused-ring (bicyclic) bond motifs is 1. The van der Waals surface area contributed by atoms with Gasteiger partial charge in [-0.05, 0) is 24.0 Å². The Balaban J connectivity index is 2.03. The number of carboxylic acid groups (broad SMARTS) is 1. The van der Waals surface area contributed by atoms with Crippen molar-refractivity contribution in [3.05, 3.63) is 55.1 Å². The van der Waals surface area contributed by atoms with Crippen LogP contribution in [0.1, 0.15) is 31.2 Å². The SMILES string of the molecule is O=C(O)c1c(C#Cc2ccc(=O)[nH]c2)sc2c1CCOC2. The number of pyridine rings is 1. The van der Waals surface area contributed by atoms with E-state index in [1.165, 1.54) is 23.6 Å². The molecular formula is C15H11NO4S. The number of aromatic amines is 1. The highest BCUT2D eigenvalue weighted by Crippen LogP contribution is 2.31. The molecule has 3 rings (SSSR count). The molecule has 0 radical (unpaired) electrons. The molecule has 2 aromatic heterocycles. The molecule has 0 saturated heterocycles. The van der Waals surface area contributed by atoms with E-state index >= 15 is 0 Å². The Morgan fingerprint density at radius 3 is 2.95 bits per heavy atom. The number of hydrogen-bond donors (Lipinski definition) is 2. The zero-order valence-electron chi connectivity index (χ0n) is 10.9. The molecule has 5 nitrogen and oxygen atoms in total. The van der Waals surface area contributed by atoms with Crippen LogP contribution in [0.25, 0.3) is 0 Å². The zero-order chi connectivity index (χ0) is 14.8. The first-order chi connectivity index (χ1) is 10.1. The Morgan fingerprint density at radius 2 is 2.24 bits per heavy atom. The summed E-state index contributed by atoms with van der Waals surface area (Å²) < 4.78 is 5.35. The van der Waals surface area contributed by atoms with Gasteiger partial charge in [-0.2, -0.15) is 0 Å². The van der Waals surface area contributed by atoms with E-state index in [1.807, 2.05) is 0 Å². The predicted octanol–water partition coefficient (Wildman–Crippen LogP) is 1.61. The molecule has 0 amide bonds. The van der Waals surface area contributed by atoms with E-state index in [0.717, 1.165) is 10.4 Å². The van der Waals surface area contributed by atoms with Crippen molar-refractivity contribution < 1.29 is 14.6 Å². The maximum absolute atomic E-state index is 11.5. The number of carbonyl (C=O) groups is 1. The van der Waals surface area contributed by atoms with Crippen molar-refractivity contribution in [3.8, 4) is 11.8 Å². The van der Waals surface area contributed by atoms with Crippen LogP contribution in [-0.4, -0.2) is 22.7 Å². The smallest absolute Gasteiger partial charge is 0.338 e. The number of H-pyrrole nitrogens is 1. The van der Waals surface area contributed by atoms with Crippen molar-refractivity contribution in [1.29, 1.82) is 0 Å². The second-order valence-corrected chi connectivity index (χ2v) is 5.61. The summed E-state index contributed by atoms with van der Waals surface area (Å²) >= 11 is 1.36. The maximum Gasteiger partial charge on any atom is 0.338 e. The number of thiophene rings is 1. The lowest BCUT2D eigenvalue weighted by atomic mass is 10.0. The van der Waals surface area contributed by atoms with Gasteiger partial charge in [0.2, 0.25) is 5.56 Å². The third-order valence-electron chi connectivity index (χ3n) is 3.14. The summed E-state index contributed by atoms with van der Waals surface area (Å²) in [6, 6.07) is 2.98. The summed E-state index contributed by atoms with van der Waals surface area (Å²) in [5.41, 5.74) is 1.56. The van der Waals surface area contributed by atoms with E-state index in [-0.39, 0.29) is 11.1 Å². The minimum atomic E-state index is -0.958. The number of aromatic carboxylic acids is 1. The van der Waals surface area contributed by atoms with Gasteiger partial charge in [-0.1, -0.05) is 5.92 Å². The summed E-state index contributed by atoms with van der Waals surface area (Å²) in [4.78, 5) is 26.4. The lowest BCUT2D eigenvalue weighted by Gasteiger charge is -2.11. The Hall–Kier alpha value is -2.36. The Kier molecular flexibility index (Phi) is 3.60. The second kappa shape index (κ2) is 5.56. The van der Waals surface area contributed by atoms with Crippen molar-refractivity contribution >= 4 is 17.3 Å². The molecule has 0 aliphatic carbocycles. The molecule has 2 aromatic rings. The molecule has 0 atom stereocenters. The van der Waals surface area contributed by atoms with Crippen LogP contribution in [0.4, 0.5) is 0 Å². The van der Waals surface area contributed by atoms with Crippen LogP contribution in [0, 0.1) is 11.8 Å². The number of rotatable bonds is 1. The fourth-order valence-corrected chi connectivity index (χ4v) is 3.29. The third kappa shape index (κ3) is 2.75. The number of ether oxygens (including phenoxy) is 1. The van der Waals surface area contributed by atoms with Crippen molar-refractivity contribution in [2.45, 2.75) is 13.0 Å². The van der Waals surface area contributed by atoms with Crippen molar-refractivity contribution in [1.82, 2.24) is 4.98 Å². The third-order valence-corrected chi connectivity index (χ3v) is 4.26. The first-order valence-corrected chi connectivity index (χ1v) is 7.13. The topological polar surface area (TPSA) is 79.4 Å². The van der Waals surface area contributed by atoms with E-state index in [1.54, 1.807) is 6.07 Å². The van der Waals surface area contributed by atoms with Crippen LogP contribution in [-0.2, 0) is 17.8 Å². The van der Waals surface area contributed by atoms with E-state index in [2.05, 4.69) is 16.8 Å². The largest absolute Gasteiger partial charge is 0.478 e. The normalized spacial score (nSPS) is 13.1. The molecule has 1 aliphatic rings. The van der Waals surface area contributed by atoms with E-state index in [0.29, 0.717) is 30.1 Å². The average Bonchev–Trinajstić information content (AvgIpc) is 2.85. The molecule has 0 saturated carbocycles. The summed E-state index contributed by atoms with van der Waals surface area (Å²) in [6.45, 7) is 0.984. The van der Waals surface area contributed by atoms with Crippen LogP contribution < -0.4 is 5.56 Å². The Labute approximate surface area is 124 Å². The maximum atomic E-state index is 11.5. The Bertz CT molecular complexity index is 802. The summed E-state index contributed by atoms with van der Waals surface area (Å²) in [7, 11) is 0. The second-order valence-electron chi connectivity index (χ2n) is 4.51. The zero-order valence-corrected chi connectivity index (χ0v) is 11.8. The van der Waals surface area contributed by atoms with Gasteiger partial charge in [-0.3, -0.25) is 4.79 Å². The van der Waals surface area contributed by atoms with Crippen LogP contribution in [0.5, 0.6) is 0 Å². The first-order valence-electron chi connectivity index (χ1n) is 6.31. The molecule has 0 fully saturated rings. The molecule has 106 valence electrons. The van der Waals surface area contributed by atoms with Gasteiger partial charge in [0, 0.05) is 22.7 Å². The average molecular weight is 301 g/mol. The summed E-state index contributed by atoms with van der Waals surface area (Å²) in [5.74, 6) is 4.82. The quantitative estimate of drug-likeness (QED) is 0.784. The van der Waals surface area contributed by atoms with Crippen LogP contribution in [0.15, 0.2) is 23.1 Å². The molecule has 6 heteroatoms. The summed E-state index contributed by atoms with van der Waals surface area (Å²) in [6.07, 6.45) is 2.11. The van der Waals surface area contributed by atoms with E-state index in [9.17, 15) is 14.7 Å². The number of carboxylic acids is 1. The van der Waals surface area contributed by atoms with Crippen molar-refractivity contribution in [3.63, 3.8) is 0 Å². The van der Waals surface area contributed by atoms with Crippen LogP contribution in [0.2, 0.25) is 0 Å². The molecule has 0 aromatic carbocycles. The number of hydrogen-bond acceptors (Lipinski definition) is 4. The highest BCUT2D eigenvalue weighted by molar-refractivity contribution is 7.13. The van der Waals surface area contributed by atoms with Gasteiger partial charge in [-0.25, -0.2) is 4.79 Å². The lowest BCUT2D eigenvalue weighted by molar-refractivity contribution is 0.0692. The van der Waals surface area contributed by atoms with E-state index < -0.39 is 5.97 Å². The molecule has 0 bridgehead atoms. The highest BCUT2D eigenvalue weighted by atomic mass is 32.1. The van der Waals surface area contributed by atoms with Crippen molar-refractivity contribution in [2.75, 3.05) is 6.61 Å². The Morgan fingerprint density at radius 1 is 1.38 bits per heavy atom. The molecule has 2 N–H and O–H groups in total. The van der Waals surface area contributed by atoms with Gasteiger partial charge < -0.3 is 14.8 Å². The molecular weight excluding hydrogens is 290 g/mol. The van der Waals surface area contributed by atoms with Gasteiger partial charge in [0.1, 0.15) is 0 Å². The van der Waals surface area contributed by atoms with Crippen molar-refractivity contribution in [2.24, 2.45) is 0 Å². The minimum absolute atomic E-state index is 0.199. The van der Waals surface area contributed by atoms with Gasteiger partial charge in [0.05, 0.1) is 23.7 Å². The first kappa shape index (κ1) is 13.6. The molecule has 1 aliphatic heterocycles. The van der Waals surface area contributed by atoms with Crippen LogP contribution in [0.3, 0.4) is 0 Å². The molecule has 0 spiro atoms. The lowest BCUT2D eigenvalue weighted by Crippen LogP contribution is -2.11. The highest BCUT2D eigenvalue weighted by Gasteiger charge is 2.24. The molecule has 3 heterocycles. The van der Waals surface area contributed by atoms with Gasteiger partial charge >= 0.3 is 5.97 Å². The summed E-state index contributed by atoms with van der Waals surface area (Å²) in [5, 5.41) is 9.39. The standard InChI is InChI=1S/C15H11NO4S/c17-13-4-2-9(7-16-13)1-3-11-14(15(18)19)10-5-6-20-8-12(10)21-11/h2,4,7H,5-6,8H2,(H,16,17)(H,18,19).